The number of aromatic nitrogens is 1. The van der Waals surface area contributed by atoms with Gasteiger partial charge < -0.3 is 24.4 Å². The minimum Gasteiger partial charge on any atom is -0.488 e. The fourth-order valence-corrected chi connectivity index (χ4v) is 4.35. The number of rotatable bonds is 7. The van der Waals surface area contributed by atoms with Crippen LogP contribution in [0.3, 0.4) is 0 Å². The standard InChI is InChI=1S/C25H28ClN3O6/c1-33-24-20(23(31)27-14-15-3-5-17(26)6-4-15)13-21(22(28-24)16-11-18(30)12-16)35-19-7-9-29(10-8-19)25(32)34-2/h3-6,13,16,19H,7-12,14H2,1-2H3,(H,27,31). The molecule has 0 unspecified atom stereocenters. The summed E-state index contributed by atoms with van der Waals surface area (Å²) in [5, 5.41) is 3.50. The first-order valence-corrected chi connectivity index (χ1v) is 11.9. The van der Waals surface area contributed by atoms with Crippen LogP contribution in [0.2, 0.25) is 5.02 Å². The number of hydrogen-bond acceptors (Lipinski definition) is 7. The van der Waals surface area contributed by atoms with Crippen LogP contribution in [0.25, 0.3) is 0 Å². The van der Waals surface area contributed by atoms with Gasteiger partial charge in [-0.05, 0) is 17.7 Å². The van der Waals surface area contributed by atoms with Crippen molar-refractivity contribution >= 4 is 29.4 Å². The molecular weight excluding hydrogens is 474 g/mol. The van der Waals surface area contributed by atoms with Crippen molar-refractivity contribution in [2.75, 3.05) is 27.3 Å². The molecule has 10 heteroatoms. The van der Waals surface area contributed by atoms with Crippen LogP contribution in [0.4, 0.5) is 4.79 Å². The number of carbonyl (C=O) groups excluding carboxylic acids is 3. The molecule has 1 saturated heterocycles. The molecule has 9 nitrogen and oxygen atoms in total. The third kappa shape index (κ3) is 5.85. The van der Waals surface area contributed by atoms with Crippen molar-refractivity contribution in [3.05, 3.63) is 52.2 Å². The number of methoxy groups -OCH3 is 2. The van der Waals surface area contributed by atoms with Crippen LogP contribution >= 0.6 is 11.6 Å². The van der Waals surface area contributed by atoms with Crippen LogP contribution < -0.4 is 14.8 Å². The number of ketones is 1. The molecule has 2 aliphatic rings. The van der Waals surface area contributed by atoms with Gasteiger partial charge in [0.25, 0.3) is 5.91 Å². The summed E-state index contributed by atoms with van der Waals surface area (Å²) < 4.78 is 16.5. The van der Waals surface area contributed by atoms with E-state index in [0.29, 0.717) is 61.8 Å². The van der Waals surface area contributed by atoms with Gasteiger partial charge in [-0.3, -0.25) is 9.59 Å². The highest BCUT2D eigenvalue weighted by molar-refractivity contribution is 6.30. The number of benzene rings is 1. The highest BCUT2D eigenvalue weighted by Gasteiger charge is 2.34. The first-order chi connectivity index (χ1) is 16.9. The number of nitrogens with zero attached hydrogens (tertiary/aromatic N) is 2. The van der Waals surface area contributed by atoms with Gasteiger partial charge in [-0.2, -0.15) is 0 Å². The number of piperidine rings is 1. The monoisotopic (exact) mass is 501 g/mol. The van der Waals surface area contributed by atoms with E-state index < -0.39 is 0 Å². The zero-order valence-corrected chi connectivity index (χ0v) is 20.5. The molecule has 0 bridgehead atoms. The van der Waals surface area contributed by atoms with Gasteiger partial charge in [-0.25, -0.2) is 9.78 Å². The van der Waals surface area contributed by atoms with E-state index in [1.807, 2.05) is 12.1 Å². The lowest BCUT2D eigenvalue weighted by molar-refractivity contribution is -0.124. The Hall–Kier alpha value is -3.33. The number of hydrogen-bond donors (Lipinski definition) is 1. The highest BCUT2D eigenvalue weighted by Crippen LogP contribution is 2.40. The minimum absolute atomic E-state index is 0.0762. The number of halogens is 1. The molecule has 1 aliphatic carbocycles. The van der Waals surface area contributed by atoms with Crippen LogP contribution in [-0.4, -0.2) is 61.1 Å². The van der Waals surface area contributed by atoms with Gasteiger partial charge in [0.15, 0.2) is 0 Å². The van der Waals surface area contributed by atoms with Crippen molar-refractivity contribution in [3.63, 3.8) is 0 Å². The number of nitrogens with one attached hydrogen (secondary N) is 1. The molecule has 4 rings (SSSR count). The van der Waals surface area contributed by atoms with Crippen LogP contribution in [0, 0.1) is 0 Å². The predicted octanol–water partition coefficient (Wildman–Crippen LogP) is 3.73. The Kier molecular flexibility index (Phi) is 7.75. The number of pyridine rings is 1. The topological polar surface area (TPSA) is 107 Å². The molecule has 2 fully saturated rings. The number of amides is 2. The molecular formula is C25H28ClN3O6. The van der Waals surface area contributed by atoms with Gasteiger partial charge in [0.1, 0.15) is 23.2 Å². The Morgan fingerprint density at radius 2 is 1.83 bits per heavy atom. The molecule has 1 aromatic carbocycles. The molecule has 0 radical (unpaired) electrons. The normalized spacial score (nSPS) is 16.4. The van der Waals surface area contributed by atoms with E-state index in [1.54, 1.807) is 23.1 Å². The molecule has 35 heavy (non-hydrogen) atoms. The summed E-state index contributed by atoms with van der Waals surface area (Å²) in [6, 6.07) is 8.84. The number of likely N-dealkylation sites (tertiary alicyclic amines) is 1. The lowest BCUT2D eigenvalue weighted by atomic mass is 9.81. The van der Waals surface area contributed by atoms with E-state index in [-0.39, 0.29) is 41.2 Å². The van der Waals surface area contributed by atoms with Gasteiger partial charge in [0.05, 0.1) is 19.9 Å². The number of ether oxygens (including phenoxy) is 3. The predicted molar refractivity (Wildman–Crippen MR) is 128 cm³/mol. The summed E-state index contributed by atoms with van der Waals surface area (Å²) in [5.74, 6) is 0.383. The van der Waals surface area contributed by atoms with Gasteiger partial charge >= 0.3 is 6.09 Å². The van der Waals surface area contributed by atoms with Crippen molar-refractivity contribution in [1.29, 1.82) is 0 Å². The fourth-order valence-electron chi connectivity index (χ4n) is 4.22. The van der Waals surface area contributed by atoms with E-state index in [2.05, 4.69) is 10.3 Å². The zero-order chi connectivity index (χ0) is 24.9. The van der Waals surface area contributed by atoms with Gasteiger partial charge in [0, 0.05) is 62.3 Å². The average Bonchev–Trinajstić information content (AvgIpc) is 2.86. The number of Topliss-reactive ketones (excluding diaryl/α,β-unsaturated/α-hetero) is 1. The maximum atomic E-state index is 13.1. The van der Waals surface area contributed by atoms with E-state index >= 15 is 0 Å². The highest BCUT2D eigenvalue weighted by atomic mass is 35.5. The Morgan fingerprint density at radius 1 is 1.14 bits per heavy atom. The number of carbonyl (C=O) groups is 3. The summed E-state index contributed by atoms with van der Waals surface area (Å²) in [4.78, 5) is 42.7. The molecule has 186 valence electrons. The molecule has 1 N–H and O–H groups in total. The molecule has 1 aliphatic heterocycles. The van der Waals surface area contributed by atoms with Gasteiger partial charge in [-0.1, -0.05) is 23.7 Å². The molecule has 2 heterocycles. The smallest absolute Gasteiger partial charge is 0.409 e. The van der Waals surface area contributed by atoms with Gasteiger partial charge in [0.2, 0.25) is 5.88 Å². The Balaban J connectivity index is 1.53. The molecule has 0 atom stereocenters. The quantitative estimate of drug-likeness (QED) is 0.616. The second-order valence-corrected chi connectivity index (χ2v) is 9.09. The Labute approximate surface area is 208 Å². The second-order valence-electron chi connectivity index (χ2n) is 8.66. The van der Waals surface area contributed by atoms with Crippen molar-refractivity contribution in [2.45, 2.75) is 44.2 Å². The van der Waals surface area contributed by atoms with Crippen molar-refractivity contribution in [2.24, 2.45) is 0 Å². The van der Waals surface area contributed by atoms with Crippen molar-refractivity contribution in [3.8, 4) is 11.6 Å². The van der Waals surface area contributed by atoms with Crippen LogP contribution in [-0.2, 0) is 16.1 Å². The first-order valence-electron chi connectivity index (χ1n) is 11.5. The summed E-state index contributed by atoms with van der Waals surface area (Å²) >= 11 is 5.93. The maximum absolute atomic E-state index is 13.1. The van der Waals surface area contributed by atoms with E-state index in [0.717, 1.165) is 5.56 Å². The molecule has 2 aromatic rings. The minimum atomic E-state index is -0.358. The Bertz CT molecular complexity index is 1090. The van der Waals surface area contributed by atoms with Crippen molar-refractivity contribution in [1.82, 2.24) is 15.2 Å². The summed E-state index contributed by atoms with van der Waals surface area (Å²) in [5.41, 5.74) is 1.76. The molecule has 1 aromatic heterocycles. The zero-order valence-electron chi connectivity index (χ0n) is 19.7. The molecule has 2 amide bonds. The third-order valence-electron chi connectivity index (χ3n) is 6.29. The molecule has 1 saturated carbocycles. The maximum Gasteiger partial charge on any atom is 0.409 e. The average molecular weight is 502 g/mol. The third-order valence-corrected chi connectivity index (χ3v) is 6.54. The van der Waals surface area contributed by atoms with E-state index in [4.69, 9.17) is 25.8 Å². The second kappa shape index (κ2) is 10.9. The van der Waals surface area contributed by atoms with Gasteiger partial charge in [-0.15, -0.1) is 0 Å². The summed E-state index contributed by atoms with van der Waals surface area (Å²) in [6.07, 6.45) is 1.48. The summed E-state index contributed by atoms with van der Waals surface area (Å²) in [7, 11) is 2.82. The lowest BCUT2D eigenvalue weighted by Gasteiger charge is -2.33. The summed E-state index contributed by atoms with van der Waals surface area (Å²) in [6.45, 7) is 1.32. The van der Waals surface area contributed by atoms with Crippen LogP contribution in [0.1, 0.15) is 53.2 Å². The lowest BCUT2D eigenvalue weighted by Crippen LogP contribution is -2.41. The van der Waals surface area contributed by atoms with Crippen LogP contribution in [0.5, 0.6) is 11.6 Å². The van der Waals surface area contributed by atoms with Crippen molar-refractivity contribution < 1.29 is 28.6 Å². The van der Waals surface area contributed by atoms with E-state index in [9.17, 15) is 14.4 Å². The van der Waals surface area contributed by atoms with E-state index in [1.165, 1.54) is 14.2 Å². The largest absolute Gasteiger partial charge is 0.488 e. The SMILES string of the molecule is COC(=O)N1CCC(Oc2cc(C(=O)NCc3ccc(Cl)cc3)c(OC)nc2C2CC(=O)C2)CC1. The Morgan fingerprint density at radius 3 is 2.43 bits per heavy atom. The van der Waals surface area contributed by atoms with Crippen LogP contribution in [0.15, 0.2) is 30.3 Å². The first kappa shape index (κ1) is 24.8. The molecule has 0 spiro atoms. The fraction of sp³-hybridized carbons (Fsp3) is 0.440.